The van der Waals surface area contributed by atoms with Crippen molar-refractivity contribution in [1.82, 2.24) is 10.2 Å². The highest BCUT2D eigenvalue weighted by molar-refractivity contribution is 9.10. The Labute approximate surface area is 159 Å². The number of benzene rings is 2. The van der Waals surface area contributed by atoms with E-state index >= 15 is 0 Å². The van der Waals surface area contributed by atoms with Gasteiger partial charge in [-0.3, -0.25) is 4.79 Å². The van der Waals surface area contributed by atoms with Crippen LogP contribution in [0.3, 0.4) is 0 Å². The molecule has 0 aliphatic rings. The first kappa shape index (κ1) is 17.8. The number of amides is 1. The van der Waals surface area contributed by atoms with Crippen LogP contribution in [0, 0.1) is 0 Å². The minimum Gasteiger partial charge on any atom is -0.300 e. The van der Waals surface area contributed by atoms with Gasteiger partial charge in [0.15, 0.2) is 0 Å². The Morgan fingerprint density at radius 3 is 2.56 bits per heavy atom. The Hall–Kier alpha value is -2.05. The second kappa shape index (κ2) is 8.36. The number of rotatable bonds is 6. The Morgan fingerprint density at radius 2 is 1.84 bits per heavy atom. The number of halogens is 1. The summed E-state index contributed by atoms with van der Waals surface area (Å²) in [7, 11) is 0. The van der Waals surface area contributed by atoms with E-state index < -0.39 is 0 Å². The Balaban J connectivity index is 1.56. The maximum Gasteiger partial charge on any atom is 0.230 e. The predicted molar refractivity (Wildman–Crippen MR) is 105 cm³/mol. The maximum absolute atomic E-state index is 12.1. The fraction of sp³-hybridized carbons (Fsp3) is 0.211. The van der Waals surface area contributed by atoms with Gasteiger partial charge in [0, 0.05) is 10.9 Å². The lowest BCUT2D eigenvalue weighted by Crippen LogP contribution is -2.14. The molecule has 0 unspecified atom stereocenters. The van der Waals surface area contributed by atoms with Crippen LogP contribution in [0.1, 0.15) is 29.0 Å². The molecule has 0 aliphatic carbocycles. The summed E-state index contributed by atoms with van der Waals surface area (Å²) in [4.78, 5) is 12.1. The molecule has 0 saturated carbocycles. The molecule has 0 aliphatic heterocycles. The lowest BCUT2D eigenvalue weighted by Gasteiger charge is -2.08. The first-order valence-electron chi connectivity index (χ1n) is 8.02. The molecule has 3 rings (SSSR count). The van der Waals surface area contributed by atoms with Crippen LogP contribution in [0.2, 0.25) is 0 Å². The molecule has 4 nitrogen and oxygen atoms in total. The Morgan fingerprint density at radius 1 is 1.12 bits per heavy atom. The van der Waals surface area contributed by atoms with E-state index in [9.17, 15) is 4.79 Å². The largest absolute Gasteiger partial charge is 0.300 e. The number of hydrogen-bond acceptors (Lipinski definition) is 4. The lowest BCUT2D eigenvalue weighted by atomic mass is 9.98. The molecule has 0 bridgehead atoms. The van der Waals surface area contributed by atoms with E-state index in [1.54, 1.807) is 0 Å². The zero-order chi connectivity index (χ0) is 17.6. The Bertz CT molecular complexity index is 833. The van der Waals surface area contributed by atoms with E-state index in [0.29, 0.717) is 17.5 Å². The number of hydrogen-bond donors (Lipinski definition) is 1. The second-order valence-electron chi connectivity index (χ2n) is 5.87. The minimum atomic E-state index is -0.0823. The van der Waals surface area contributed by atoms with Gasteiger partial charge in [-0.15, -0.1) is 10.2 Å². The zero-order valence-electron chi connectivity index (χ0n) is 13.8. The fourth-order valence-corrected chi connectivity index (χ4v) is 3.65. The number of nitrogens with one attached hydrogen (secondary N) is 1. The van der Waals surface area contributed by atoms with Crippen LogP contribution in [0.25, 0.3) is 0 Å². The molecule has 0 radical (unpaired) electrons. The maximum atomic E-state index is 12.1. The molecule has 1 heterocycles. The van der Waals surface area contributed by atoms with Crippen molar-refractivity contribution in [3.8, 4) is 0 Å². The van der Waals surface area contributed by atoms with E-state index in [1.807, 2.05) is 42.5 Å². The molecule has 1 N–H and O–H groups in total. The van der Waals surface area contributed by atoms with E-state index in [0.717, 1.165) is 21.5 Å². The first-order chi connectivity index (χ1) is 12.1. The standard InChI is InChI=1S/C19H18BrN3OS/c1-13(15-5-3-2-4-6-15)11-18-22-23-19(25-18)21-17(24)12-14-7-9-16(20)10-8-14/h2-10,13H,11-12H2,1H3,(H,21,23,24)/t13-/m1/s1. The van der Waals surface area contributed by atoms with Gasteiger partial charge >= 0.3 is 0 Å². The van der Waals surface area contributed by atoms with Crippen LogP contribution < -0.4 is 5.32 Å². The molecule has 0 spiro atoms. The van der Waals surface area contributed by atoms with Crippen LogP contribution in [-0.4, -0.2) is 16.1 Å². The van der Waals surface area contributed by atoms with Gasteiger partial charge in [0.1, 0.15) is 5.01 Å². The van der Waals surface area contributed by atoms with Gasteiger partial charge in [-0.2, -0.15) is 0 Å². The lowest BCUT2D eigenvalue weighted by molar-refractivity contribution is -0.115. The summed E-state index contributed by atoms with van der Waals surface area (Å²) in [5, 5.41) is 12.6. The molecule has 0 saturated heterocycles. The molecule has 1 amide bonds. The van der Waals surface area contributed by atoms with Gasteiger partial charge in [0.2, 0.25) is 11.0 Å². The van der Waals surface area contributed by atoms with Crippen molar-refractivity contribution in [1.29, 1.82) is 0 Å². The molecule has 1 atom stereocenters. The van der Waals surface area contributed by atoms with Crippen molar-refractivity contribution in [3.63, 3.8) is 0 Å². The normalized spacial score (nSPS) is 11.9. The summed E-state index contributed by atoms with van der Waals surface area (Å²) >= 11 is 4.82. The summed E-state index contributed by atoms with van der Waals surface area (Å²) in [6, 6.07) is 18.0. The van der Waals surface area contributed by atoms with Gasteiger partial charge in [-0.1, -0.05) is 76.7 Å². The van der Waals surface area contributed by atoms with Crippen LogP contribution in [0.5, 0.6) is 0 Å². The van der Waals surface area contributed by atoms with Crippen molar-refractivity contribution in [2.75, 3.05) is 5.32 Å². The monoisotopic (exact) mass is 415 g/mol. The van der Waals surface area contributed by atoms with Crippen LogP contribution in [0.15, 0.2) is 59.1 Å². The van der Waals surface area contributed by atoms with Gasteiger partial charge in [-0.25, -0.2) is 0 Å². The van der Waals surface area contributed by atoms with Crippen molar-refractivity contribution < 1.29 is 4.79 Å². The molecule has 128 valence electrons. The molecule has 6 heteroatoms. The molecular formula is C19H18BrN3OS. The summed E-state index contributed by atoms with van der Waals surface area (Å²) in [5.41, 5.74) is 2.24. The number of carbonyl (C=O) groups is 1. The molecule has 0 fully saturated rings. The quantitative estimate of drug-likeness (QED) is 0.627. The molecule has 1 aromatic heterocycles. The van der Waals surface area contributed by atoms with Crippen LogP contribution >= 0.6 is 27.3 Å². The highest BCUT2D eigenvalue weighted by Crippen LogP contribution is 2.24. The molecular weight excluding hydrogens is 398 g/mol. The van der Waals surface area contributed by atoms with Crippen molar-refractivity contribution in [2.45, 2.75) is 25.7 Å². The number of anilines is 1. The third-order valence-electron chi connectivity index (χ3n) is 3.84. The van der Waals surface area contributed by atoms with E-state index in [4.69, 9.17) is 0 Å². The summed E-state index contributed by atoms with van der Waals surface area (Å²) < 4.78 is 0.998. The SMILES string of the molecule is C[C@H](Cc1nnc(NC(=O)Cc2ccc(Br)cc2)s1)c1ccccc1. The minimum absolute atomic E-state index is 0.0823. The van der Waals surface area contributed by atoms with Gasteiger partial charge in [-0.05, 0) is 29.2 Å². The number of carbonyl (C=O) groups excluding carboxylic acids is 1. The smallest absolute Gasteiger partial charge is 0.230 e. The third-order valence-corrected chi connectivity index (χ3v) is 5.23. The van der Waals surface area contributed by atoms with E-state index in [1.165, 1.54) is 16.9 Å². The van der Waals surface area contributed by atoms with Gasteiger partial charge < -0.3 is 5.32 Å². The summed E-state index contributed by atoms with van der Waals surface area (Å²) in [6.45, 7) is 2.17. The Kier molecular flexibility index (Phi) is 5.94. The summed E-state index contributed by atoms with van der Waals surface area (Å²) in [6.07, 6.45) is 1.13. The van der Waals surface area contributed by atoms with Gasteiger partial charge in [0.25, 0.3) is 0 Å². The number of aromatic nitrogens is 2. The van der Waals surface area contributed by atoms with Crippen molar-refractivity contribution in [3.05, 3.63) is 75.2 Å². The first-order valence-corrected chi connectivity index (χ1v) is 9.63. The third kappa shape index (κ3) is 5.21. The average Bonchev–Trinajstić information content (AvgIpc) is 3.04. The molecule has 3 aromatic rings. The van der Waals surface area contributed by atoms with Crippen LogP contribution in [-0.2, 0) is 17.6 Å². The predicted octanol–water partition coefficient (Wildman–Crippen LogP) is 4.83. The summed E-state index contributed by atoms with van der Waals surface area (Å²) in [5.74, 6) is 0.279. The van der Waals surface area contributed by atoms with Crippen molar-refractivity contribution >= 4 is 38.3 Å². The van der Waals surface area contributed by atoms with Crippen LogP contribution in [0.4, 0.5) is 5.13 Å². The second-order valence-corrected chi connectivity index (χ2v) is 7.85. The van der Waals surface area contributed by atoms with E-state index in [-0.39, 0.29) is 5.91 Å². The van der Waals surface area contributed by atoms with Crippen molar-refractivity contribution in [2.24, 2.45) is 0 Å². The van der Waals surface area contributed by atoms with E-state index in [2.05, 4.69) is 50.5 Å². The highest BCUT2D eigenvalue weighted by atomic mass is 79.9. The van der Waals surface area contributed by atoms with Gasteiger partial charge in [0.05, 0.1) is 6.42 Å². The highest BCUT2D eigenvalue weighted by Gasteiger charge is 2.12. The topological polar surface area (TPSA) is 54.9 Å². The average molecular weight is 416 g/mol. The fourth-order valence-electron chi connectivity index (χ4n) is 2.50. The zero-order valence-corrected chi connectivity index (χ0v) is 16.2. The molecule has 25 heavy (non-hydrogen) atoms. The number of nitrogens with zero attached hydrogens (tertiary/aromatic N) is 2. The molecule has 2 aromatic carbocycles.